The first-order valence-corrected chi connectivity index (χ1v) is 7.01. The maximum atomic E-state index is 11.6. The van der Waals surface area contributed by atoms with E-state index < -0.39 is 23.1 Å². The van der Waals surface area contributed by atoms with Gasteiger partial charge in [-0.05, 0) is 28.3 Å². The topological polar surface area (TPSA) is 172 Å². The quantitative estimate of drug-likeness (QED) is 0.337. The predicted molar refractivity (Wildman–Crippen MR) is 91.9 cm³/mol. The van der Waals surface area contributed by atoms with E-state index in [1.54, 1.807) is 30.3 Å². The molecule has 0 saturated heterocycles. The SMILES string of the molecule is [N-]=[N+]=NC(=C(N=[N+]=[N-])c1cccc(C(=O)O)c1C(=O)O)c1ccccc1. The van der Waals surface area contributed by atoms with Crippen LogP contribution in [0.25, 0.3) is 32.3 Å². The van der Waals surface area contributed by atoms with E-state index in [-0.39, 0.29) is 17.0 Å². The van der Waals surface area contributed by atoms with Crippen LogP contribution in [0.15, 0.2) is 58.8 Å². The second-order valence-corrected chi connectivity index (χ2v) is 4.78. The smallest absolute Gasteiger partial charge is 0.337 e. The Bertz CT molecular complexity index is 1000. The summed E-state index contributed by atoms with van der Waals surface area (Å²) >= 11 is 0. The number of nitrogens with zero attached hydrogens (tertiary/aromatic N) is 6. The molecule has 0 spiro atoms. The van der Waals surface area contributed by atoms with E-state index in [9.17, 15) is 19.8 Å². The molecule has 2 aromatic rings. The van der Waals surface area contributed by atoms with Crippen molar-refractivity contribution in [2.75, 3.05) is 0 Å². The minimum Gasteiger partial charge on any atom is -0.478 e. The fourth-order valence-corrected chi connectivity index (χ4v) is 2.31. The zero-order valence-electron chi connectivity index (χ0n) is 13.0. The Morgan fingerprint density at radius 1 is 0.769 bits per heavy atom. The van der Waals surface area contributed by atoms with Crippen molar-refractivity contribution in [1.29, 1.82) is 0 Å². The van der Waals surface area contributed by atoms with Crippen molar-refractivity contribution < 1.29 is 19.8 Å². The minimum absolute atomic E-state index is 0.129. The van der Waals surface area contributed by atoms with Gasteiger partial charge in [0.15, 0.2) is 0 Å². The van der Waals surface area contributed by atoms with E-state index in [0.29, 0.717) is 5.56 Å². The van der Waals surface area contributed by atoms with Crippen LogP contribution in [0.3, 0.4) is 0 Å². The number of azide groups is 2. The van der Waals surface area contributed by atoms with Crippen LogP contribution in [0.1, 0.15) is 31.8 Å². The molecule has 0 aromatic heterocycles. The van der Waals surface area contributed by atoms with Gasteiger partial charge in [0.05, 0.1) is 22.5 Å². The Balaban J connectivity index is 2.97. The first kappa shape index (κ1) is 18.1. The maximum absolute atomic E-state index is 11.6. The first-order chi connectivity index (χ1) is 12.5. The molecule has 0 heterocycles. The van der Waals surface area contributed by atoms with Gasteiger partial charge in [-0.1, -0.05) is 52.7 Å². The molecule has 0 unspecified atom stereocenters. The molecule has 10 nitrogen and oxygen atoms in total. The minimum atomic E-state index is -1.53. The summed E-state index contributed by atoms with van der Waals surface area (Å²) in [6.07, 6.45) is 0. The number of carbonyl (C=O) groups is 2. The lowest BCUT2D eigenvalue weighted by Gasteiger charge is -2.12. The molecule has 2 N–H and O–H groups in total. The average Bonchev–Trinajstić information content (AvgIpc) is 2.64. The molecule has 0 bridgehead atoms. The number of carboxylic acids is 2. The van der Waals surface area contributed by atoms with Crippen molar-refractivity contribution in [3.05, 3.63) is 91.7 Å². The Kier molecular flexibility index (Phi) is 5.58. The zero-order valence-corrected chi connectivity index (χ0v) is 13.0. The van der Waals surface area contributed by atoms with Crippen molar-refractivity contribution in [2.45, 2.75) is 0 Å². The molecule has 2 aromatic carbocycles. The first-order valence-electron chi connectivity index (χ1n) is 7.01. The van der Waals surface area contributed by atoms with Crippen molar-refractivity contribution in [1.82, 2.24) is 0 Å². The van der Waals surface area contributed by atoms with Crippen LogP contribution in [0.5, 0.6) is 0 Å². The van der Waals surface area contributed by atoms with Gasteiger partial charge in [-0.3, -0.25) is 0 Å². The van der Waals surface area contributed by atoms with Gasteiger partial charge in [-0.15, -0.1) is 0 Å². The van der Waals surface area contributed by atoms with Crippen molar-refractivity contribution in [3.63, 3.8) is 0 Å². The van der Waals surface area contributed by atoms with Gasteiger partial charge < -0.3 is 10.2 Å². The molecule has 0 aliphatic carbocycles. The third-order valence-electron chi connectivity index (χ3n) is 3.32. The Morgan fingerprint density at radius 3 is 1.88 bits per heavy atom. The molecule has 0 aliphatic heterocycles. The van der Waals surface area contributed by atoms with E-state index in [1.807, 2.05) is 0 Å². The predicted octanol–water partition coefficient (Wildman–Crippen LogP) is 4.53. The van der Waals surface area contributed by atoms with Gasteiger partial charge in [0.2, 0.25) is 0 Å². The third kappa shape index (κ3) is 3.62. The molecule has 0 fully saturated rings. The molecule has 0 saturated carbocycles. The molecule has 0 aliphatic rings. The number of aromatic carboxylic acids is 2. The van der Waals surface area contributed by atoms with Crippen LogP contribution in [-0.2, 0) is 0 Å². The van der Waals surface area contributed by atoms with E-state index in [4.69, 9.17) is 11.1 Å². The van der Waals surface area contributed by atoms with E-state index in [2.05, 4.69) is 20.1 Å². The Morgan fingerprint density at radius 2 is 1.35 bits per heavy atom. The van der Waals surface area contributed by atoms with E-state index in [1.165, 1.54) is 12.1 Å². The molecule has 26 heavy (non-hydrogen) atoms. The van der Waals surface area contributed by atoms with Gasteiger partial charge in [-0.25, -0.2) is 9.59 Å². The maximum Gasteiger partial charge on any atom is 0.337 e. The molecule has 0 atom stereocenters. The van der Waals surface area contributed by atoms with Gasteiger partial charge in [0.1, 0.15) is 0 Å². The standard InChI is InChI=1S/C16H10N6O4/c17-21-19-13(9-5-2-1-3-6-9)14(20-22-18)10-7-4-8-11(15(23)24)12(10)16(25)26/h1-8H,(H,23,24)(H,25,26). The fourth-order valence-electron chi connectivity index (χ4n) is 2.31. The van der Waals surface area contributed by atoms with Crippen LogP contribution in [0.2, 0.25) is 0 Å². The molecule has 0 radical (unpaired) electrons. The summed E-state index contributed by atoms with van der Waals surface area (Å²) in [4.78, 5) is 28.4. The summed E-state index contributed by atoms with van der Waals surface area (Å²) in [6, 6.07) is 11.8. The van der Waals surface area contributed by atoms with Gasteiger partial charge in [-0.2, -0.15) is 0 Å². The Labute approximate surface area is 145 Å². The van der Waals surface area contributed by atoms with E-state index in [0.717, 1.165) is 6.07 Å². The Hall–Kier alpha value is -4.26. The lowest BCUT2D eigenvalue weighted by atomic mass is 9.96. The average molecular weight is 350 g/mol. The van der Waals surface area contributed by atoms with Crippen molar-refractivity contribution >= 4 is 23.3 Å². The number of hydrogen-bond acceptors (Lipinski definition) is 4. The third-order valence-corrected chi connectivity index (χ3v) is 3.32. The second-order valence-electron chi connectivity index (χ2n) is 4.78. The number of benzene rings is 2. The molecule has 2 rings (SSSR count). The number of hydrogen-bond donors (Lipinski definition) is 2. The van der Waals surface area contributed by atoms with Gasteiger partial charge >= 0.3 is 11.9 Å². The molecular formula is C16H10N6O4. The van der Waals surface area contributed by atoms with Crippen molar-refractivity contribution in [3.8, 4) is 0 Å². The van der Waals surface area contributed by atoms with Crippen LogP contribution >= 0.6 is 0 Å². The monoisotopic (exact) mass is 350 g/mol. The molecule has 128 valence electrons. The van der Waals surface area contributed by atoms with E-state index >= 15 is 0 Å². The van der Waals surface area contributed by atoms with Crippen LogP contribution in [0.4, 0.5) is 0 Å². The summed E-state index contributed by atoms with van der Waals surface area (Å²) in [7, 11) is 0. The summed E-state index contributed by atoms with van der Waals surface area (Å²) in [5, 5.41) is 25.7. The number of rotatable bonds is 6. The highest BCUT2D eigenvalue weighted by atomic mass is 16.4. The highest BCUT2D eigenvalue weighted by Gasteiger charge is 2.23. The zero-order chi connectivity index (χ0) is 19.1. The highest BCUT2D eigenvalue weighted by molar-refractivity contribution is 6.07. The van der Waals surface area contributed by atoms with Crippen LogP contribution in [-0.4, -0.2) is 22.2 Å². The summed E-state index contributed by atoms with van der Waals surface area (Å²) in [6.45, 7) is 0. The summed E-state index contributed by atoms with van der Waals surface area (Å²) < 4.78 is 0. The lowest BCUT2D eigenvalue weighted by molar-refractivity contribution is 0.0651. The fraction of sp³-hybridized carbons (Fsp3) is 0. The van der Waals surface area contributed by atoms with Crippen LogP contribution < -0.4 is 0 Å². The summed E-state index contributed by atoms with van der Waals surface area (Å²) in [5.74, 6) is -2.99. The number of carboxylic acid groups (broad SMARTS) is 2. The molecular weight excluding hydrogens is 340 g/mol. The van der Waals surface area contributed by atoms with Gasteiger partial charge in [0, 0.05) is 9.82 Å². The highest BCUT2D eigenvalue weighted by Crippen LogP contribution is 2.32. The molecule has 10 heteroatoms. The van der Waals surface area contributed by atoms with Crippen LogP contribution in [0, 0.1) is 0 Å². The molecule has 0 amide bonds. The normalized spacial score (nSPS) is 10.8. The lowest BCUT2D eigenvalue weighted by Crippen LogP contribution is -2.11. The van der Waals surface area contributed by atoms with Gasteiger partial charge in [0.25, 0.3) is 0 Å². The second kappa shape index (κ2) is 8.02. The largest absolute Gasteiger partial charge is 0.478 e. The summed E-state index contributed by atoms with van der Waals surface area (Å²) in [5.41, 5.74) is 16.4. The van der Waals surface area contributed by atoms with Crippen molar-refractivity contribution in [2.24, 2.45) is 10.2 Å².